The molecule has 0 aliphatic carbocycles. The molecule has 0 fully saturated rings. The molecule has 40 heavy (non-hydrogen) atoms. The topological polar surface area (TPSA) is 101 Å². The highest BCUT2D eigenvalue weighted by molar-refractivity contribution is 9.10. The predicted octanol–water partition coefficient (Wildman–Crippen LogP) is 0.0874. The number of carbonyl (C=O) groups excluding carboxylic acids is 5. The Balaban J connectivity index is 0.00000323. The molecule has 0 spiro atoms. The van der Waals surface area contributed by atoms with Gasteiger partial charge >= 0.3 is 0 Å². The Morgan fingerprint density at radius 2 is 1.20 bits per heavy atom. The van der Waals surface area contributed by atoms with Crippen LogP contribution in [0, 0.1) is 0 Å². The number of ketones is 1. The number of Topliss-reactive ketones (excluding diaryl/α,β-unsaturated/α-hetero) is 1. The first kappa shape index (κ1) is 27.6. The minimum absolute atomic E-state index is 0. The van der Waals surface area contributed by atoms with Gasteiger partial charge in [0.15, 0.2) is 5.78 Å². The van der Waals surface area contributed by atoms with E-state index < -0.39 is 11.8 Å². The molecule has 0 unspecified atom stereocenters. The van der Waals surface area contributed by atoms with Crippen LogP contribution in [0.5, 0.6) is 0 Å². The third-order valence-corrected chi connectivity index (χ3v) is 7.60. The van der Waals surface area contributed by atoms with Gasteiger partial charge in [-0.3, -0.25) is 33.8 Å². The molecule has 0 radical (unpaired) electrons. The van der Waals surface area contributed by atoms with Crippen LogP contribution in [0.3, 0.4) is 0 Å². The van der Waals surface area contributed by atoms with E-state index in [4.69, 9.17) is 0 Å². The predicted molar refractivity (Wildman–Crippen MR) is 142 cm³/mol. The normalized spacial score (nSPS) is 14.1. The van der Waals surface area contributed by atoms with Gasteiger partial charge < -0.3 is 17.0 Å². The molecule has 0 bridgehead atoms. The van der Waals surface area contributed by atoms with Crippen LogP contribution >= 0.6 is 15.9 Å². The van der Waals surface area contributed by atoms with E-state index in [9.17, 15) is 24.0 Å². The smallest absolute Gasteiger partial charge is 0.286 e. The Kier molecular flexibility index (Phi) is 7.52. The highest BCUT2D eigenvalue weighted by Crippen LogP contribution is 2.24. The summed E-state index contributed by atoms with van der Waals surface area (Å²) < 4.78 is 4.56. The van der Waals surface area contributed by atoms with Crippen molar-refractivity contribution in [2.45, 2.75) is 19.4 Å². The van der Waals surface area contributed by atoms with Gasteiger partial charge in [0.05, 0.1) is 26.7 Å². The average Bonchev–Trinajstić information content (AvgIpc) is 3.49. The summed E-state index contributed by atoms with van der Waals surface area (Å²) >= 11 is 3.46. The number of hydrogen-bond donors (Lipinski definition) is 0. The number of pyridine rings is 1. The molecule has 0 atom stereocenters. The van der Waals surface area contributed by atoms with Crippen molar-refractivity contribution < 1.29 is 45.4 Å². The van der Waals surface area contributed by atoms with E-state index in [-0.39, 0.29) is 60.6 Å². The van der Waals surface area contributed by atoms with E-state index in [2.05, 4.69) is 15.9 Å². The number of carbonyl (C=O) groups is 5. The number of hydrogen-bond acceptors (Lipinski definition) is 5. The Labute approximate surface area is 247 Å². The lowest BCUT2D eigenvalue weighted by Crippen LogP contribution is -3.00. The van der Waals surface area contributed by atoms with Crippen molar-refractivity contribution in [3.63, 3.8) is 0 Å². The van der Waals surface area contributed by atoms with E-state index in [1.165, 1.54) is 4.90 Å². The molecule has 11 heteroatoms. The monoisotopic (exact) mass is 664 g/mol. The van der Waals surface area contributed by atoms with Crippen molar-refractivity contribution in [1.82, 2.24) is 14.4 Å². The second-order valence-corrected chi connectivity index (χ2v) is 10.4. The van der Waals surface area contributed by atoms with Crippen molar-refractivity contribution in [2.24, 2.45) is 0 Å². The number of nitrogens with zero attached hydrogens (tertiary/aromatic N) is 4. The number of imidazole rings is 1. The van der Waals surface area contributed by atoms with Gasteiger partial charge in [-0.1, -0.05) is 24.3 Å². The van der Waals surface area contributed by atoms with Crippen LogP contribution in [0.15, 0.2) is 77.5 Å². The lowest BCUT2D eigenvalue weighted by Gasteiger charge is -2.14. The van der Waals surface area contributed by atoms with Crippen molar-refractivity contribution >= 4 is 51.0 Å². The van der Waals surface area contributed by atoms with E-state index in [1.54, 1.807) is 48.5 Å². The highest BCUT2D eigenvalue weighted by Gasteiger charge is 2.36. The van der Waals surface area contributed by atoms with Crippen LogP contribution in [0.4, 0.5) is 0 Å². The van der Waals surface area contributed by atoms with Crippen LogP contribution < -0.4 is 21.4 Å². The highest BCUT2D eigenvalue weighted by atomic mass is 79.9. The molecule has 2 aliphatic rings. The minimum Gasteiger partial charge on any atom is -1.00 e. The molecule has 0 saturated carbocycles. The maximum absolute atomic E-state index is 13.1. The largest absolute Gasteiger partial charge is 1.00 e. The summed E-state index contributed by atoms with van der Waals surface area (Å²) in [6.07, 6.45) is 4.08. The maximum atomic E-state index is 13.1. The molecule has 2 aliphatic heterocycles. The van der Waals surface area contributed by atoms with Crippen molar-refractivity contribution in [1.29, 1.82) is 0 Å². The van der Waals surface area contributed by atoms with Crippen LogP contribution in [-0.2, 0) is 17.8 Å². The standard InChI is InChI=1S/C29H22BrN4O5.BrH/c30-18-9-10-25-31(15-18)16-19(11-13-32-26(36)21-5-1-2-6-22(21)27(32)37)34(25)17-20(35)12-14-33-28(38)23-7-3-4-8-24(23)29(33)39;/h1-10,15-16H,11-14,17H2;1H/q+1;/p-1. The van der Waals surface area contributed by atoms with E-state index in [0.717, 1.165) is 20.7 Å². The van der Waals surface area contributed by atoms with Crippen molar-refractivity contribution in [3.05, 3.63) is 105 Å². The number of rotatable bonds is 8. The van der Waals surface area contributed by atoms with Gasteiger partial charge in [0, 0.05) is 32.0 Å². The summed E-state index contributed by atoms with van der Waals surface area (Å²) in [6.45, 7) is 0.166. The number of imide groups is 2. The van der Waals surface area contributed by atoms with Crippen molar-refractivity contribution in [2.75, 3.05) is 13.1 Å². The first-order chi connectivity index (χ1) is 18.8. The summed E-state index contributed by atoms with van der Waals surface area (Å²) in [5, 5.41) is 0. The number of fused-ring (bicyclic) bond motifs is 3. The van der Waals surface area contributed by atoms with E-state index >= 15 is 0 Å². The third kappa shape index (κ3) is 4.69. The molecule has 4 aromatic rings. The summed E-state index contributed by atoms with van der Waals surface area (Å²) in [6, 6.07) is 17.1. The van der Waals surface area contributed by atoms with Gasteiger partial charge in [-0.25, -0.2) is 8.97 Å². The quantitative estimate of drug-likeness (QED) is 0.196. The zero-order valence-electron chi connectivity index (χ0n) is 21.0. The van der Waals surface area contributed by atoms with Crippen LogP contribution in [0.2, 0.25) is 0 Å². The summed E-state index contributed by atoms with van der Waals surface area (Å²) in [4.78, 5) is 66.5. The molecule has 0 N–H and O–H groups in total. The summed E-state index contributed by atoms with van der Waals surface area (Å²) in [5.41, 5.74) is 3.00. The van der Waals surface area contributed by atoms with Gasteiger partial charge in [0.25, 0.3) is 29.3 Å². The van der Waals surface area contributed by atoms with E-state index in [0.29, 0.717) is 28.7 Å². The Bertz CT molecular complexity index is 1660. The second-order valence-electron chi connectivity index (χ2n) is 9.47. The van der Waals surface area contributed by atoms with Crippen LogP contribution in [-0.4, -0.2) is 56.9 Å². The van der Waals surface area contributed by atoms with Crippen LogP contribution in [0.25, 0.3) is 5.65 Å². The van der Waals surface area contributed by atoms with E-state index in [1.807, 2.05) is 33.5 Å². The fourth-order valence-corrected chi connectivity index (χ4v) is 5.53. The Hall–Kier alpha value is -3.96. The SMILES string of the molecule is O=C(CCN1C(=O)c2ccccc2C1=O)Cn1c(CCN2C(=O)c3ccccc3C2=O)c[n+]2cc(Br)ccc12.[Br-]. The van der Waals surface area contributed by atoms with Gasteiger partial charge in [0.2, 0.25) is 0 Å². The fourth-order valence-electron chi connectivity index (χ4n) is 5.18. The minimum atomic E-state index is -0.392. The first-order valence-corrected chi connectivity index (χ1v) is 13.2. The molecule has 0 saturated heterocycles. The molecule has 9 nitrogen and oxygen atoms in total. The first-order valence-electron chi connectivity index (χ1n) is 12.4. The molecule has 4 amide bonds. The van der Waals surface area contributed by atoms with Gasteiger partial charge in [-0.15, -0.1) is 0 Å². The lowest BCUT2D eigenvalue weighted by molar-refractivity contribution is -0.511. The molecular weight excluding hydrogens is 644 g/mol. The summed E-state index contributed by atoms with van der Waals surface area (Å²) in [7, 11) is 0. The number of halogens is 2. The Morgan fingerprint density at radius 1 is 0.700 bits per heavy atom. The fraction of sp³-hybridized carbons (Fsp3) is 0.172. The molecule has 2 aromatic heterocycles. The molecule has 202 valence electrons. The van der Waals surface area contributed by atoms with Crippen molar-refractivity contribution in [3.8, 4) is 0 Å². The number of benzene rings is 2. The van der Waals surface area contributed by atoms with Crippen LogP contribution in [0.1, 0.15) is 53.5 Å². The molecule has 2 aromatic carbocycles. The summed E-state index contributed by atoms with van der Waals surface area (Å²) in [5.74, 6) is -1.60. The molecule has 6 rings (SSSR count). The second kappa shape index (κ2) is 10.9. The number of amides is 4. The molecular formula is C29H22Br2N4O5. The zero-order valence-corrected chi connectivity index (χ0v) is 24.2. The zero-order chi connectivity index (χ0) is 27.3. The Morgan fingerprint density at radius 3 is 1.73 bits per heavy atom. The maximum Gasteiger partial charge on any atom is 0.286 e. The third-order valence-electron chi connectivity index (χ3n) is 7.13. The van der Waals surface area contributed by atoms with Gasteiger partial charge in [-0.2, -0.15) is 0 Å². The molecule has 4 heterocycles. The van der Waals surface area contributed by atoms with Gasteiger partial charge in [0.1, 0.15) is 24.6 Å². The van der Waals surface area contributed by atoms with Gasteiger partial charge in [-0.05, 0) is 46.3 Å². The lowest BCUT2D eigenvalue weighted by atomic mass is 10.1. The number of aromatic nitrogens is 2. The average molecular weight is 666 g/mol.